The second-order valence-electron chi connectivity index (χ2n) is 4.03. The Bertz CT molecular complexity index is 444. The van der Waals surface area contributed by atoms with Gasteiger partial charge in [0.15, 0.2) is 0 Å². The number of aliphatic carboxylic acids is 1. The summed E-state index contributed by atoms with van der Waals surface area (Å²) in [5.74, 6) is -2.06. The van der Waals surface area contributed by atoms with Crippen LogP contribution in [-0.4, -0.2) is 24.1 Å². The van der Waals surface area contributed by atoms with Crippen molar-refractivity contribution in [2.24, 2.45) is 5.92 Å². The van der Waals surface area contributed by atoms with E-state index < -0.39 is 17.8 Å². The molecule has 0 spiro atoms. The van der Waals surface area contributed by atoms with E-state index in [1.165, 1.54) is 6.92 Å². The number of amides is 1. The van der Waals surface area contributed by atoms with Gasteiger partial charge in [0.25, 0.3) is 0 Å². The van der Waals surface area contributed by atoms with Crippen LogP contribution in [0, 0.1) is 5.92 Å². The third-order valence-corrected chi connectivity index (χ3v) is 2.73. The molecule has 0 aromatic heterocycles. The van der Waals surface area contributed by atoms with E-state index in [1.54, 1.807) is 20.1 Å². The van der Waals surface area contributed by atoms with Crippen molar-refractivity contribution in [3.8, 4) is 5.75 Å². The number of carboxylic acids is 1. The predicted molar refractivity (Wildman–Crippen MR) is 66.4 cm³/mol. The Balaban J connectivity index is 2.79. The molecule has 2 N–H and O–H groups in total. The summed E-state index contributed by atoms with van der Waals surface area (Å²) in [5, 5.41) is 11.4. The molecule has 5 nitrogen and oxygen atoms in total. The maximum absolute atomic E-state index is 11.6. The Morgan fingerprint density at radius 3 is 2.44 bits per heavy atom. The van der Waals surface area contributed by atoms with Crippen molar-refractivity contribution in [3.05, 3.63) is 29.8 Å². The molecule has 1 aromatic rings. The number of nitrogens with one attached hydrogen (secondary N) is 1. The number of hydrogen-bond donors (Lipinski definition) is 2. The van der Waals surface area contributed by atoms with Crippen molar-refractivity contribution in [2.75, 3.05) is 7.11 Å². The average Bonchev–Trinajstić information content (AvgIpc) is 2.37. The summed E-state index contributed by atoms with van der Waals surface area (Å²) in [6.45, 7) is 3.14. The van der Waals surface area contributed by atoms with Crippen LogP contribution in [0.15, 0.2) is 24.3 Å². The van der Waals surface area contributed by atoms with E-state index in [2.05, 4.69) is 5.32 Å². The van der Waals surface area contributed by atoms with Gasteiger partial charge < -0.3 is 15.2 Å². The van der Waals surface area contributed by atoms with Crippen molar-refractivity contribution >= 4 is 11.9 Å². The van der Waals surface area contributed by atoms with Crippen LogP contribution in [-0.2, 0) is 9.59 Å². The molecule has 0 saturated carbocycles. The Hall–Kier alpha value is -2.04. The molecule has 0 aliphatic rings. The summed E-state index contributed by atoms with van der Waals surface area (Å²) in [6, 6.07) is 6.97. The lowest BCUT2D eigenvalue weighted by Crippen LogP contribution is -2.35. The van der Waals surface area contributed by atoms with Crippen LogP contribution in [0.5, 0.6) is 5.75 Å². The second-order valence-corrected chi connectivity index (χ2v) is 4.03. The molecule has 0 aliphatic carbocycles. The number of ether oxygens (including phenoxy) is 1. The average molecular weight is 251 g/mol. The smallest absolute Gasteiger partial charge is 0.315 e. The topological polar surface area (TPSA) is 75.6 Å². The van der Waals surface area contributed by atoms with Crippen LogP contribution in [0.1, 0.15) is 25.5 Å². The van der Waals surface area contributed by atoms with Crippen LogP contribution in [0.2, 0.25) is 0 Å². The molecule has 1 amide bonds. The molecular weight excluding hydrogens is 234 g/mol. The molecule has 1 rings (SSSR count). The molecule has 18 heavy (non-hydrogen) atoms. The highest BCUT2D eigenvalue weighted by Crippen LogP contribution is 2.24. The van der Waals surface area contributed by atoms with Gasteiger partial charge in [0.1, 0.15) is 11.7 Å². The maximum Gasteiger partial charge on any atom is 0.315 e. The van der Waals surface area contributed by atoms with Crippen molar-refractivity contribution in [1.29, 1.82) is 0 Å². The van der Waals surface area contributed by atoms with Crippen molar-refractivity contribution in [3.63, 3.8) is 0 Å². The van der Waals surface area contributed by atoms with Gasteiger partial charge in [0.2, 0.25) is 5.91 Å². The fourth-order valence-electron chi connectivity index (χ4n) is 1.55. The maximum atomic E-state index is 11.6. The fraction of sp³-hybridized carbons (Fsp3) is 0.385. The van der Waals surface area contributed by atoms with Gasteiger partial charge in [-0.15, -0.1) is 0 Å². The van der Waals surface area contributed by atoms with Crippen LogP contribution >= 0.6 is 0 Å². The van der Waals surface area contributed by atoms with E-state index >= 15 is 0 Å². The molecule has 0 fully saturated rings. The van der Waals surface area contributed by atoms with E-state index in [0.29, 0.717) is 5.75 Å². The van der Waals surface area contributed by atoms with Crippen LogP contribution in [0.25, 0.3) is 0 Å². The van der Waals surface area contributed by atoms with Gasteiger partial charge in [0.05, 0.1) is 13.2 Å². The Kier molecular flexibility index (Phi) is 4.71. The van der Waals surface area contributed by atoms with Gasteiger partial charge in [-0.3, -0.25) is 9.59 Å². The Morgan fingerprint density at radius 2 is 1.89 bits per heavy atom. The first kappa shape index (κ1) is 14.0. The largest absolute Gasteiger partial charge is 0.496 e. The molecule has 2 unspecified atom stereocenters. The zero-order valence-corrected chi connectivity index (χ0v) is 10.6. The molecule has 98 valence electrons. The molecular formula is C13H17NO4. The third kappa shape index (κ3) is 3.23. The molecule has 0 heterocycles. The second kappa shape index (κ2) is 6.05. The first-order valence-electron chi connectivity index (χ1n) is 5.63. The summed E-state index contributed by atoms with van der Waals surface area (Å²) < 4.78 is 5.19. The van der Waals surface area contributed by atoms with E-state index in [0.717, 1.165) is 5.56 Å². The number of carbonyl (C=O) groups excluding carboxylic acids is 1. The normalized spacial score (nSPS) is 13.5. The van der Waals surface area contributed by atoms with Crippen LogP contribution in [0.3, 0.4) is 0 Å². The SMILES string of the molecule is COc1ccccc1C(C)NC(=O)C(C)C(=O)O. The number of methoxy groups -OCH3 is 1. The lowest BCUT2D eigenvalue weighted by Gasteiger charge is -2.18. The van der Waals surface area contributed by atoms with Crippen molar-refractivity contribution < 1.29 is 19.4 Å². The summed E-state index contributed by atoms with van der Waals surface area (Å²) in [5.41, 5.74) is 0.811. The summed E-state index contributed by atoms with van der Waals surface area (Å²) in [6.07, 6.45) is 0. The highest BCUT2D eigenvalue weighted by atomic mass is 16.5. The van der Waals surface area contributed by atoms with Crippen molar-refractivity contribution in [1.82, 2.24) is 5.32 Å². The molecule has 0 radical (unpaired) electrons. The number of benzene rings is 1. The molecule has 2 atom stereocenters. The number of hydrogen-bond acceptors (Lipinski definition) is 3. The first-order chi connectivity index (χ1) is 8.47. The van der Waals surface area contributed by atoms with E-state index in [-0.39, 0.29) is 6.04 Å². The van der Waals surface area contributed by atoms with Gasteiger partial charge in [-0.1, -0.05) is 18.2 Å². The van der Waals surface area contributed by atoms with Gasteiger partial charge in [-0.2, -0.15) is 0 Å². The molecule has 0 bridgehead atoms. The third-order valence-electron chi connectivity index (χ3n) is 2.73. The van der Waals surface area contributed by atoms with Gasteiger partial charge in [-0.05, 0) is 19.9 Å². The van der Waals surface area contributed by atoms with E-state index in [4.69, 9.17) is 9.84 Å². The van der Waals surface area contributed by atoms with E-state index in [1.807, 2.05) is 18.2 Å². The molecule has 1 aromatic carbocycles. The lowest BCUT2D eigenvalue weighted by molar-refractivity contribution is -0.146. The quantitative estimate of drug-likeness (QED) is 0.779. The minimum atomic E-state index is -1.14. The van der Waals surface area contributed by atoms with Gasteiger partial charge in [-0.25, -0.2) is 0 Å². The fourth-order valence-corrected chi connectivity index (χ4v) is 1.55. The predicted octanol–water partition coefficient (Wildman–Crippen LogP) is 1.59. The highest BCUT2D eigenvalue weighted by molar-refractivity contribution is 5.96. The zero-order valence-electron chi connectivity index (χ0n) is 10.6. The standard InChI is InChI=1S/C13H17NO4/c1-8(13(16)17)12(15)14-9(2)10-6-4-5-7-11(10)18-3/h4-9H,1-3H3,(H,14,15)(H,16,17). The van der Waals surface area contributed by atoms with Crippen LogP contribution < -0.4 is 10.1 Å². The number of para-hydroxylation sites is 1. The number of rotatable bonds is 5. The summed E-state index contributed by atoms with van der Waals surface area (Å²) in [7, 11) is 1.55. The van der Waals surface area contributed by atoms with E-state index in [9.17, 15) is 9.59 Å². The summed E-state index contributed by atoms with van der Waals surface area (Å²) >= 11 is 0. The Labute approximate surface area is 106 Å². The first-order valence-corrected chi connectivity index (χ1v) is 5.63. The molecule has 0 saturated heterocycles. The number of carboxylic acid groups (broad SMARTS) is 1. The van der Waals surface area contributed by atoms with Crippen LogP contribution in [0.4, 0.5) is 0 Å². The lowest BCUT2D eigenvalue weighted by atomic mass is 10.1. The molecule has 5 heteroatoms. The minimum absolute atomic E-state index is 0.310. The number of carbonyl (C=O) groups is 2. The zero-order chi connectivity index (χ0) is 13.7. The minimum Gasteiger partial charge on any atom is -0.496 e. The monoisotopic (exact) mass is 251 g/mol. The Morgan fingerprint density at radius 1 is 1.28 bits per heavy atom. The highest BCUT2D eigenvalue weighted by Gasteiger charge is 2.23. The summed E-state index contributed by atoms with van der Waals surface area (Å²) in [4.78, 5) is 22.3. The van der Waals surface area contributed by atoms with Gasteiger partial charge >= 0.3 is 5.97 Å². The van der Waals surface area contributed by atoms with Crippen molar-refractivity contribution in [2.45, 2.75) is 19.9 Å². The molecule has 0 aliphatic heterocycles. The van der Waals surface area contributed by atoms with Gasteiger partial charge in [0, 0.05) is 5.56 Å².